The second-order valence-corrected chi connectivity index (χ2v) is 13.7. The van der Waals surface area contributed by atoms with Gasteiger partial charge in [0.2, 0.25) is 0 Å². The first-order valence-corrected chi connectivity index (χ1v) is 14.5. The number of fused-ring (bicyclic) bond motifs is 5. The highest BCUT2D eigenvalue weighted by atomic mass is 32.2. The van der Waals surface area contributed by atoms with E-state index in [4.69, 9.17) is 9.29 Å². The summed E-state index contributed by atoms with van der Waals surface area (Å²) in [6, 6.07) is 0. The lowest BCUT2D eigenvalue weighted by Crippen LogP contribution is -2.59. The maximum atomic E-state index is 11.7. The summed E-state index contributed by atoms with van der Waals surface area (Å²) in [4.78, 5) is 11.1. The van der Waals surface area contributed by atoms with Crippen molar-refractivity contribution >= 4 is 16.1 Å². The van der Waals surface area contributed by atoms with Crippen molar-refractivity contribution in [1.82, 2.24) is 0 Å². The normalized spacial score (nSPS) is 47.2. The van der Waals surface area contributed by atoms with Gasteiger partial charge >= 0.3 is 5.97 Å². The third-order valence-corrected chi connectivity index (χ3v) is 11.2. The summed E-state index contributed by atoms with van der Waals surface area (Å²) in [6.07, 6.45) is 9.34. The van der Waals surface area contributed by atoms with Crippen LogP contribution in [0.1, 0.15) is 85.0 Å². The first kappa shape index (κ1) is 24.5. The minimum Gasteiger partial charge on any atom is -0.481 e. The SMILES string of the molecule is C[C@H](CCC(=O)O)[C@H]1CC[C@H]2[C@@H]3CC[C@@H]4C[C@H](OS(C)(=O)=O)CC[C@]4(C)[C@H]3C[C@H](O)[C@]12C. The average Bonchev–Trinajstić information content (AvgIpc) is 3.05. The van der Waals surface area contributed by atoms with Gasteiger partial charge in [0.15, 0.2) is 0 Å². The Hall–Kier alpha value is -0.660. The molecule has 4 rings (SSSR count). The lowest BCUT2D eigenvalue weighted by atomic mass is 9.43. The number of hydrogen-bond acceptors (Lipinski definition) is 5. The van der Waals surface area contributed by atoms with Crippen molar-refractivity contribution < 1.29 is 27.6 Å². The summed E-state index contributed by atoms with van der Waals surface area (Å²) in [5.41, 5.74) is 0.00842. The highest BCUT2D eigenvalue weighted by Crippen LogP contribution is 2.68. The Balaban J connectivity index is 1.52. The third-order valence-electron chi connectivity index (χ3n) is 10.6. The summed E-state index contributed by atoms with van der Waals surface area (Å²) in [5.74, 6) is 1.98. The van der Waals surface area contributed by atoms with Crippen molar-refractivity contribution in [2.24, 2.45) is 46.3 Å². The molecule has 0 heterocycles. The number of carboxylic acid groups (broad SMARTS) is 1. The van der Waals surface area contributed by atoms with Crippen LogP contribution in [-0.2, 0) is 19.1 Å². The molecule has 4 fully saturated rings. The van der Waals surface area contributed by atoms with Gasteiger partial charge in [-0.25, -0.2) is 0 Å². The van der Waals surface area contributed by atoms with Crippen molar-refractivity contribution in [2.45, 2.75) is 97.2 Å². The van der Waals surface area contributed by atoms with Crippen LogP contribution in [0.5, 0.6) is 0 Å². The van der Waals surface area contributed by atoms with Gasteiger partial charge in [0.05, 0.1) is 18.5 Å². The molecule has 4 aliphatic rings. The molecule has 0 amide bonds. The zero-order chi connectivity index (χ0) is 23.5. The molecule has 2 N–H and O–H groups in total. The van der Waals surface area contributed by atoms with Crippen molar-refractivity contribution in [3.8, 4) is 0 Å². The Bertz CT molecular complexity index is 826. The van der Waals surface area contributed by atoms with Gasteiger partial charge in [-0.1, -0.05) is 20.8 Å². The highest BCUT2D eigenvalue weighted by Gasteiger charge is 2.63. The van der Waals surface area contributed by atoms with E-state index in [0.29, 0.717) is 41.9 Å². The minimum absolute atomic E-state index is 0.126. The fourth-order valence-electron chi connectivity index (χ4n) is 9.03. The molecular weight excluding hydrogens is 428 g/mol. The van der Waals surface area contributed by atoms with E-state index in [-0.39, 0.29) is 29.5 Å². The lowest BCUT2D eigenvalue weighted by molar-refractivity contribution is -0.173. The van der Waals surface area contributed by atoms with E-state index < -0.39 is 16.1 Å². The van der Waals surface area contributed by atoms with Crippen LogP contribution in [0.4, 0.5) is 0 Å². The van der Waals surface area contributed by atoms with Gasteiger partial charge in [0.25, 0.3) is 10.1 Å². The molecule has 7 heteroatoms. The number of aliphatic carboxylic acids is 1. The van der Waals surface area contributed by atoms with Gasteiger partial charge < -0.3 is 10.2 Å². The van der Waals surface area contributed by atoms with Crippen LogP contribution in [-0.4, -0.2) is 43.1 Å². The van der Waals surface area contributed by atoms with E-state index in [1.807, 2.05) is 0 Å². The standard InChI is InChI=1S/C25H42O6S/c1-15(5-10-23(27)28)19-8-9-20-18-7-6-16-13-17(31-32(4,29)30)11-12-24(16,2)21(18)14-22(26)25(19,20)3/h15-22,26H,5-14H2,1-4H3,(H,27,28)/t15-,16-,17-,18+,19-,20+,21+,22+,24+,25-/m1/s1. The smallest absolute Gasteiger partial charge is 0.303 e. The number of rotatable bonds is 6. The molecule has 0 aliphatic heterocycles. The van der Waals surface area contributed by atoms with Crippen LogP contribution in [0.2, 0.25) is 0 Å². The molecule has 0 aromatic carbocycles. The van der Waals surface area contributed by atoms with E-state index >= 15 is 0 Å². The summed E-state index contributed by atoms with van der Waals surface area (Å²) in [6.45, 7) is 6.86. The fourth-order valence-corrected chi connectivity index (χ4v) is 9.70. The predicted molar refractivity (Wildman–Crippen MR) is 122 cm³/mol. The number of carboxylic acids is 1. The van der Waals surface area contributed by atoms with Crippen molar-refractivity contribution in [3.05, 3.63) is 0 Å². The Kier molecular flexibility index (Phi) is 6.52. The molecule has 184 valence electrons. The zero-order valence-electron chi connectivity index (χ0n) is 20.1. The summed E-state index contributed by atoms with van der Waals surface area (Å²) >= 11 is 0. The van der Waals surface area contributed by atoms with Crippen LogP contribution in [0.15, 0.2) is 0 Å². The molecule has 0 radical (unpaired) electrons. The predicted octanol–water partition coefficient (Wildman–Crippen LogP) is 4.46. The summed E-state index contributed by atoms with van der Waals surface area (Å²) < 4.78 is 28.7. The Morgan fingerprint density at radius 1 is 1.09 bits per heavy atom. The largest absolute Gasteiger partial charge is 0.481 e. The molecular formula is C25H42O6S. The molecule has 0 saturated heterocycles. The molecule has 4 saturated carbocycles. The first-order chi connectivity index (χ1) is 14.9. The average molecular weight is 471 g/mol. The monoisotopic (exact) mass is 470 g/mol. The van der Waals surface area contributed by atoms with Gasteiger partial charge in [0.1, 0.15) is 0 Å². The molecule has 32 heavy (non-hydrogen) atoms. The second-order valence-electron chi connectivity index (χ2n) is 12.1. The first-order valence-electron chi connectivity index (χ1n) is 12.6. The van der Waals surface area contributed by atoms with E-state index in [1.165, 1.54) is 0 Å². The van der Waals surface area contributed by atoms with Gasteiger partial charge in [-0.15, -0.1) is 0 Å². The van der Waals surface area contributed by atoms with Crippen LogP contribution < -0.4 is 0 Å². The number of hydrogen-bond donors (Lipinski definition) is 2. The molecule has 0 aromatic rings. The van der Waals surface area contributed by atoms with Crippen molar-refractivity contribution in [3.63, 3.8) is 0 Å². The quantitative estimate of drug-likeness (QED) is 0.556. The fraction of sp³-hybridized carbons (Fsp3) is 0.960. The Morgan fingerprint density at radius 2 is 1.81 bits per heavy atom. The number of aliphatic hydroxyl groups excluding tert-OH is 1. The molecule has 0 bridgehead atoms. The van der Waals surface area contributed by atoms with Crippen molar-refractivity contribution in [1.29, 1.82) is 0 Å². The van der Waals surface area contributed by atoms with E-state index in [9.17, 15) is 18.3 Å². The topological polar surface area (TPSA) is 101 Å². The van der Waals surface area contributed by atoms with Crippen LogP contribution in [0.25, 0.3) is 0 Å². The summed E-state index contributed by atoms with van der Waals surface area (Å²) in [5, 5.41) is 20.7. The van der Waals surface area contributed by atoms with Crippen LogP contribution >= 0.6 is 0 Å². The molecule has 0 unspecified atom stereocenters. The van der Waals surface area contributed by atoms with Gasteiger partial charge in [-0.2, -0.15) is 8.42 Å². The maximum Gasteiger partial charge on any atom is 0.303 e. The molecule has 0 spiro atoms. The molecule has 0 aromatic heterocycles. The maximum absolute atomic E-state index is 11.7. The van der Waals surface area contributed by atoms with Crippen LogP contribution in [0, 0.1) is 46.3 Å². The van der Waals surface area contributed by atoms with Gasteiger partial charge in [-0.3, -0.25) is 8.98 Å². The lowest BCUT2D eigenvalue weighted by Gasteiger charge is -2.62. The van der Waals surface area contributed by atoms with Gasteiger partial charge in [-0.05, 0) is 104 Å². The molecule has 6 nitrogen and oxygen atoms in total. The van der Waals surface area contributed by atoms with E-state index in [2.05, 4.69) is 20.8 Å². The Labute approximate surface area is 193 Å². The number of aliphatic hydroxyl groups is 1. The highest BCUT2D eigenvalue weighted by molar-refractivity contribution is 7.86. The molecule has 10 atom stereocenters. The minimum atomic E-state index is -3.43. The van der Waals surface area contributed by atoms with E-state index in [1.54, 1.807) is 0 Å². The second kappa shape index (κ2) is 8.53. The zero-order valence-corrected chi connectivity index (χ0v) is 20.9. The molecule has 4 aliphatic carbocycles. The van der Waals surface area contributed by atoms with E-state index in [0.717, 1.165) is 57.6 Å². The third kappa shape index (κ3) is 4.15. The van der Waals surface area contributed by atoms with Crippen molar-refractivity contribution in [2.75, 3.05) is 6.26 Å². The van der Waals surface area contributed by atoms with Crippen LogP contribution in [0.3, 0.4) is 0 Å². The van der Waals surface area contributed by atoms with Gasteiger partial charge in [0, 0.05) is 6.42 Å². The summed E-state index contributed by atoms with van der Waals surface area (Å²) in [7, 11) is -3.43. The number of carbonyl (C=O) groups is 1. The Morgan fingerprint density at radius 3 is 2.47 bits per heavy atom.